The van der Waals surface area contributed by atoms with Gasteiger partial charge in [0, 0.05) is 45.3 Å². The fourth-order valence-corrected chi connectivity index (χ4v) is 2.88. The molecule has 0 atom stereocenters. The van der Waals surface area contributed by atoms with E-state index in [1.54, 1.807) is 0 Å². The summed E-state index contributed by atoms with van der Waals surface area (Å²) in [5.41, 5.74) is 0.263. The monoisotopic (exact) mass is 275 g/mol. The van der Waals surface area contributed by atoms with Crippen LogP contribution in [-0.4, -0.2) is 70.0 Å². The maximum absolute atomic E-state index is 11.5. The van der Waals surface area contributed by atoms with Gasteiger partial charge in [0.1, 0.15) is 5.82 Å². The van der Waals surface area contributed by atoms with Gasteiger partial charge in [0.25, 0.3) is 0 Å². The zero-order valence-electron chi connectivity index (χ0n) is 11.1. The molecule has 2 saturated heterocycles. The van der Waals surface area contributed by atoms with Crippen LogP contribution in [0.2, 0.25) is 0 Å². The summed E-state index contributed by atoms with van der Waals surface area (Å²) in [5, 5.41) is 14.0. The summed E-state index contributed by atoms with van der Waals surface area (Å²) in [6.45, 7) is 6.34. The molecule has 0 bridgehead atoms. The zero-order chi connectivity index (χ0) is 13.5. The largest absolute Gasteiger partial charge is 0.364 e. The highest BCUT2D eigenvalue weighted by Gasteiger charge is 2.33. The van der Waals surface area contributed by atoms with Crippen molar-refractivity contribution in [2.75, 3.05) is 44.2 Å². The van der Waals surface area contributed by atoms with Crippen LogP contribution in [-0.2, 0) is 0 Å². The van der Waals surface area contributed by atoms with E-state index in [1.807, 2.05) is 12.1 Å². The highest BCUT2D eigenvalue weighted by atomic mass is 16.2. The minimum atomic E-state index is -0.291. The van der Waals surface area contributed by atoms with Crippen molar-refractivity contribution in [3.8, 4) is 0 Å². The van der Waals surface area contributed by atoms with Gasteiger partial charge in [0.2, 0.25) is 0 Å². The van der Waals surface area contributed by atoms with Crippen molar-refractivity contribution in [3.05, 3.63) is 22.6 Å². The Bertz CT molecular complexity index is 666. The van der Waals surface area contributed by atoms with E-state index in [0.717, 1.165) is 45.1 Å². The molecule has 8 heteroatoms. The minimum Gasteiger partial charge on any atom is -0.352 e. The van der Waals surface area contributed by atoms with Crippen LogP contribution < -0.4 is 15.9 Å². The molecule has 8 nitrogen and oxygen atoms in total. The second-order valence-corrected chi connectivity index (χ2v) is 5.34. The topological polar surface area (TPSA) is 81.6 Å². The first kappa shape index (κ1) is 11.9. The number of rotatable bonds is 2. The molecule has 2 aromatic heterocycles. The summed E-state index contributed by atoms with van der Waals surface area (Å²) < 4.78 is 1.31. The Balaban J connectivity index is 1.48. The average Bonchev–Trinajstić information content (AvgIpc) is 2.80. The molecule has 0 amide bonds. The highest BCUT2D eigenvalue weighted by Crippen LogP contribution is 2.21. The normalized spacial score (nSPS) is 21.3. The number of hydrogen-bond donors (Lipinski definition) is 2. The van der Waals surface area contributed by atoms with Crippen molar-refractivity contribution in [1.82, 2.24) is 30.0 Å². The molecule has 0 unspecified atom stereocenters. The lowest BCUT2D eigenvalue weighted by Crippen LogP contribution is -2.63. The van der Waals surface area contributed by atoms with Crippen LogP contribution in [0.25, 0.3) is 5.65 Å². The maximum atomic E-state index is 11.5. The van der Waals surface area contributed by atoms with Crippen molar-refractivity contribution in [3.63, 3.8) is 0 Å². The number of aromatic nitrogens is 4. The number of piperazine rings is 1. The summed E-state index contributed by atoms with van der Waals surface area (Å²) in [6, 6.07) is 4.35. The Morgan fingerprint density at radius 2 is 2.00 bits per heavy atom. The number of anilines is 1. The summed E-state index contributed by atoms with van der Waals surface area (Å²) >= 11 is 0. The van der Waals surface area contributed by atoms with E-state index in [4.69, 9.17) is 0 Å². The number of fused-ring (bicyclic) bond motifs is 1. The summed E-state index contributed by atoms with van der Waals surface area (Å²) in [5.74, 6) is 0.840. The Hall–Kier alpha value is -1.93. The lowest BCUT2D eigenvalue weighted by molar-refractivity contribution is 0.147. The predicted octanol–water partition coefficient (Wildman–Crippen LogP) is -1.49. The van der Waals surface area contributed by atoms with Crippen molar-refractivity contribution in [1.29, 1.82) is 0 Å². The Kier molecular flexibility index (Phi) is 2.71. The van der Waals surface area contributed by atoms with E-state index < -0.39 is 0 Å². The Morgan fingerprint density at radius 1 is 1.20 bits per heavy atom. The third-order valence-electron chi connectivity index (χ3n) is 4.11. The third kappa shape index (κ3) is 1.88. The number of aromatic amines is 1. The van der Waals surface area contributed by atoms with E-state index in [2.05, 4.69) is 30.4 Å². The summed E-state index contributed by atoms with van der Waals surface area (Å²) in [6.07, 6.45) is 0. The first-order chi connectivity index (χ1) is 9.81. The van der Waals surface area contributed by atoms with E-state index in [-0.39, 0.29) is 5.69 Å². The van der Waals surface area contributed by atoms with Crippen LogP contribution in [0.15, 0.2) is 16.9 Å². The van der Waals surface area contributed by atoms with Crippen molar-refractivity contribution in [2.24, 2.45) is 0 Å². The van der Waals surface area contributed by atoms with Gasteiger partial charge >= 0.3 is 5.69 Å². The molecule has 2 aliphatic rings. The zero-order valence-corrected chi connectivity index (χ0v) is 11.1. The number of nitrogens with zero attached hydrogens (tertiary/aromatic N) is 5. The van der Waals surface area contributed by atoms with Gasteiger partial charge in [-0.2, -0.15) is 9.61 Å². The van der Waals surface area contributed by atoms with E-state index >= 15 is 0 Å². The van der Waals surface area contributed by atoms with Crippen LogP contribution in [0.3, 0.4) is 0 Å². The number of hydrogen-bond acceptors (Lipinski definition) is 6. The van der Waals surface area contributed by atoms with Gasteiger partial charge < -0.3 is 10.2 Å². The average molecular weight is 275 g/mol. The first-order valence-electron chi connectivity index (χ1n) is 6.95. The summed E-state index contributed by atoms with van der Waals surface area (Å²) in [7, 11) is 0. The standard InChI is InChI=1S/C12H17N7O/c20-12-15-14-10-1-2-11(16-19(10)12)18-7-9(8-18)17-5-3-13-4-6-17/h1-2,9,13H,3-8H2,(H,15,20). The van der Waals surface area contributed by atoms with Crippen LogP contribution in [0, 0.1) is 0 Å². The molecule has 106 valence electrons. The summed E-state index contributed by atoms with van der Waals surface area (Å²) in [4.78, 5) is 16.2. The molecule has 2 aromatic rings. The van der Waals surface area contributed by atoms with Crippen LogP contribution in [0.5, 0.6) is 0 Å². The van der Waals surface area contributed by atoms with Crippen molar-refractivity contribution < 1.29 is 0 Å². The predicted molar refractivity (Wildman–Crippen MR) is 74.1 cm³/mol. The first-order valence-corrected chi connectivity index (χ1v) is 6.95. The maximum Gasteiger partial charge on any atom is 0.364 e. The third-order valence-corrected chi connectivity index (χ3v) is 4.11. The molecule has 2 fully saturated rings. The van der Waals surface area contributed by atoms with Gasteiger partial charge in [-0.05, 0) is 12.1 Å². The van der Waals surface area contributed by atoms with E-state index in [9.17, 15) is 4.79 Å². The molecular weight excluding hydrogens is 258 g/mol. The molecule has 4 rings (SSSR count). The molecule has 0 aromatic carbocycles. The highest BCUT2D eigenvalue weighted by molar-refractivity contribution is 5.47. The lowest BCUT2D eigenvalue weighted by Gasteiger charge is -2.47. The second kappa shape index (κ2) is 4.57. The van der Waals surface area contributed by atoms with Gasteiger partial charge in [-0.3, -0.25) is 4.90 Å². The molecular formula is C12H17N7O. The van der Waals surface area contributed by atoms with Gasteiger partial charge in [-0.1, -0.05) is 0 Å². The smallest absolute Gasteiger partial charge is 0.352 e. The molecule has 0 spiro atoms. The van der Waals surface area contributed by atoms with Gasteiger partial charge in [-0.25, -0.2) is 9.89 Å². The van der Waals surface area contributed by atoms with Gasteiger partial charge in [-0.15, -0.1) is 5.10 Å². The molecule has 4 heterocycles. The SMILES string of the molecule is O=c1[nH]nc2ccc(N3CC(N4CCNCC4)C3)nn12. The lowest BCUT2D eigenvalue weighted by atomic mass is 10.1. The Labute approximate surface area is 115 Å². The molecule has 0 aliphatic carbocycles. The number of nitrogens with one attached hydrogen (secondary N) is 2. The Morgan fingerprint density at radius 3 is 2.80 bits per heavy atom. The molecule has 0 saturated carbocycles. The van der Waals surface area contributed by atoms with E-state index in [0.29, 0.717) is 11.7 Å². The fourth-order valence-electron chi connectivity index (χ4n) is 2.88. The van der Waals surface area contributed by atoms with Crippen LogP contribution >= 0.6 is 0 Å². The minimum absolute atomic E-state index is 0.291. The van der Waals surface area contributed by atoms with Crippen molar-refractivity contribution >= 4 is 11.5 Å². The molecule has 2 aliphatic heterocycles. The van der Waals surface area contributed by atoms with E-state index in [1.165, 1.54) is 4.52 Å². The molecule has 0 radical (unpaired) electrons. The second-order valence-electron chi connectivity index (χ2n) is 5.34. The quantitative estimate of drug-likeness (QED) is 0.695. The van der Waals surface area contributed by atoms with Gasteiger partial charge in [0.15, 0.2) is 5.65 Å². The number of H-pyrrole nitrogens is 1. The molecule has 20 heavy (non-hydrogen) atoms. The van der Waals surface area contributed by atoms with Crippen LogP contribution in [0.1, 0.15) is 0 Å². The van der Waals surface area contributed by atoms with Gasteiger partial charge in [0.05, 0.1) is 0 Å². The van der Waals surface area contributed by atoms with Crippen molar-refractivity contribution in [2.45, 2.75) is 6.04 Å². The van der Waals surface area contributed by atoms with Crippen LogP contribution in [0.4, 0.5) is 5.82 Å². The fraction of sp³-hybridized carbons (Fsp3) is 0.583. The molecule has 2 N–H and O–H groups in total.